The first-order valence-corrected chi connectivity index (χ1v) is 7.19. The summed E-state index contributed by atoms with van der Waals surface area (Å²) >= 11 is 0. The number of unbranched alkanes of at least 4 members (excludes halogenated alkanes) is 3. The number of rotatable bonds is 9. The fraction of sp³-hybridized carbons (Fsp3) is 0.562. The molecule has 0 saturated heterocycles. The molecule has 0 spiro atoms. The van der Waals surface area contributed by atoms with Crippen LogP contribution in [0.3, 0.4) is 0 Å². The first kappa shape index (κ1) is 15.7. The predicted molar refractivity (Wildman–Crippen MR) is 78.5 cm³/mol. The molecule has 2 N–H and O–H groups in total. The minimum Gasteiger partial charge on any atom is -0.478 e. The van der Waals surface area contributed by atoms with Crippen LogP contribution in [0.1, 0.15) is 61.9 Å². The summed E-state index contributed by atoms with van der Waals surface area (Å²) in [5, 5.41) is 12.4. The number of carboxylic acids is 1. The lowest BCUT2D eigenvalue weighted by molar-refractivity contribution is 0.0696. The van der Waals surface area contributed by atoms with Crippen LogP contribution in [0.25, 0.3) is 0 Å². The lowest BCUT2D eigenvalue weighted by Gasteiger charge is -2.13. The molecule has 1 unspecified atom stereocenters. The normalized spacial score (nSPS) is 12.3. The van der Waals surface area contributed by atoms with Crippen molar-refractivity contribution >= 4 is 5.97 Å². The van der Waals surface area contributed by atoms with Crippen LogP contribution in [-0.4, -0.2) is 17.1 Å². The van der Waals surface area contributed by atoms with E-state index in [1.807, 2.05) is 6.07 Å². The molecule has 19 heavy (non-hydrogen) atoms. The molecule has 0 aliphatic carbocycles. The second kappa shape index (κ2) is 8.70. The molecule has 3 nitrogen and oxygen atoms in total. The van der Waals surface area contributed by atoms with E-state index in [0.717, 1.165) is 12.1 Å². The third-order valence-electron chi connectivity index (χ3n) is 3.32. The van der Waals surface area contributed by atoms with Gasteiger partial charge in [-0.1, -0.05) is 44.7 Å². The van der Waals surface area contributed by atoms with Crippen molar-refractivity contribution in [3.8, 4) is 0 Å². The van der Waals surface area contributed by atoms with Gasteiger partial charge in [0.05, 0.1) is 5.56 Å². The van der Waals surface area contributed by atoms with E-state index in [2.05, 4.69) is 19.2 Å². The molecule has 0 heterocycles. The van der Waals surface area contributed by atoms with Crippen molar-refractivity contribution in [3.63, 3.8) is 0 Å². The standard InChI is InChI=1S/C16H25NO2/c1-3-4-5-6-8-13(2)17-12-14-9-7-10-15(11-14)16(18)19/h7,9-11,13,17H,3-6,8,12H2,1-2H3,(H,18,19). The summed E-state index contributed by atoms with van der Waals surface area (Å²) in [6, 6.07) is 7.60. The molecule has 0 saturated carbocycles. The van der Waals surface area contributed by atoms with E-state index in [1.54, 1.807) is 18.2 Å². The van der Waals surface area contributed by atoms with Crippen LogP contribution in [0.2, 0.25) is 0 Å². The minimum atomic E-state index is -0.866. The van der Waals surface area contributed by atoms with Gasteiger partial charge in [0.2, 0.25) is 0 Å². The zero-order valence-corrected chi connectivity index (χ0v) is 12.0. The van der Waals surface area contributed by atoms with Gasteiger partial charge in [-0.05, 0) is 31.0 Å². The molecule has 0 radical (unpaired) electrons. The maximum atomic E-state index is 10.9. The second-order valence-electron chi connectivity index (χ2n) is 5.14. The predicted octanol–water partition coefficient (Wildman–Crippen LogP) is 3.83. The lowest BCUT2D eigenvalue weighted by atomic mass is 10.1. The maximum absolute atomic E-state index is 10.9. The summed E-state index contributed by atoms with van der Waals surface area (Å²) in [7, 11) is 0. The van der Waals surface area contributed by atoms with Crippen LogP contribution < -0.4 is 5.32 Å². The van der Waals surface area contributed by atoms with Crippen LogP contribution in [0, 0.1) is 0 Å². The maximum Gasteiger partial charge on any atom is 0.335 e. The lowest BCUT2D eigenvalue weighted by Crippen LogP contribution is -2.25. The van der Waals surface area contributed by atoms with E-state index in [1.165, 1.54) is 32.1 Å². The van der Waals surface area contributed by atoms with E-state index in [9.17, 15) is 4.79 Å². The third kappa shape index (κ3) is 6.39. The number of hydrogen-bond donors (Lipinski definition) is 2. The summed E-state index contributed by atoms with van der Waals surface area (Å²) in [6.07, 6.45) is 6.32. The van der Waals surface area contributed by atoms with Crippen molar-refractivity contribution in [2.75, 3.05) is 0 Å². The zero-order valence-electron chi connectivity index (χ0n) is 12.0. The van der Waals surface area contributed by atoms with Crippen molar-refractivity contribution in [2.45, 2.75) is 58.5 Å². The van der Waals surface area contributed by atoms with Gasteiger partial charge in [0, 0.05) is 12.6 Å². The van der Waals surface area contributed by atoms with E-state index in [-0.39, 0.29) is 0 Å². The van der Waals surface area contributed by atoms with Crippen LogP contribution in [0.5, 0.6) is 0 Å². The Bertz CT molecular complexity index is 390. The fourth-order valence-electron chi connectivity index (χ4n) is 2.09. The highest BCUT2D eigenvalue weighted by molar-refractivity contribution is 5.87. The summed E-state index contributed by atoms with van der Waals surface area (Å²) in [5.41, 5.74) is 1.38. The van der Waals surface area contributed by atoms with Crippen LogP contribution in [-0.2, 0) is 6.54 Å². The largest absolute Gasteiger partial charge is 0.478 e. The van der Waals surface area contributed by atoms with Crippen molar-refractivity contribution in [3.05, 3.63) is 35.4 Å². The van der Waals surface area contributed by atoms with Crippen molar-refractivity contribution in [2.24, 2.45) is 0 Å². The number of carboxylic acid groups (broad SMARTS) is 1. The topological polar surface area (TPSA) is 49.3 Å². The Morgan fingerprint density at radius 1 is 1.32 bits per heavy atom. The summed E-state index contributed by atoms with van der Waals surface area (Å²) in [5.74, 6) is -0.866. The van der Waals surface area contributed by atoms with Gasteiger partial charge in [-0.2, -0.15) is 0 Å². The third-order valence-corrected chi connectivity index (χ3v) is 3.32. The Kier molecular flexibility index (Phi) is 7.19. The van der Waals surface area contributed by atoms with E-state index in [4.69, 9.17) is 5.11 Å². The minimum absolute atomic E-state index is 0.356. The number of carbonyl (C=O) groups is 1. The zero-order chi connectivity index (χ0) is 14.1. The molecular weight excluding hydrogens is 238 g/mol. The molecule has 1 atom stereocenters. The van der Waals surface area contributed by atoms with Gasteiger partial charge in [0.25, 0.3) is 0 Å². The first-order chi connectivity index (χ1) is 9.13. The van der Waals surface area contributed by atoms with E-state index >= 15 is 0 Å². The Labute approximate surface area is 116 Å². The SMILES string of the molecule is CCCCCCC(C)NCc1cccc(C(=O)O)c1. The van der Waals surface area contributed by atoms with Gasteiger partial charge in [0.15, 0.2) is 0 Å². The molecule has 0 bridgehead atoms. The Morgan fingerprint density at radius 2 is 2.11 bits per heavy atom. The highest BCUT2D eigenvalue weighted by atomic mass is 16.4. The van der Waals surface area contributed by atoms with E-state index in [0.29, 0.717) is 11.6 Å². The van der Waals surface area contributed by atoms with Crippen LogP contribution >= 0.6 is 0 Å². The average molecular weight is 263 g/mol. The van der Waals surface area contributed by atoms with E-state index < -0.39 is 5.97 Å². The Hall–Kier alpha value is -1.35. The molecule has 106 valence electrons. The number of hydrogen-bond acceptors (Lipinski definition) is 2. The van der Waals surface area contributed by atoms with Crippen LogP contribution in [0.15, 0.2) is 24.3 Å². The highest BCUT2D eigenvalue weighted by Crippen LogP contribution is 2.08. The van der Waals surface area contributed by atoms with Gasteiger partial charge >= 0.3 is 5.97 Å². The quantitative estimate of drug-likeness (QED) is 0.666. The molecule has 3 heteroatoms. The second-order valence-corrected chi connectivity index (χ2v) is 5.14. The van der Waals surface area contributed by atoms with Crippen molar-refractivity contribution in [1.82, 2.24) is 5.32 Å². The Balaban J connectivity index is 2.31. The van der Waals surface area contributed by atoms with Gasteiger partial charge < -0.3 is 10.4 Å². The summed E-state index contributed by atoms with van der Waals surface area (Å²) in [4.78, 5) is 10.9. The van der Waals surface area contributed by atoms with Gasteiger partial charge in [0.1, 0.15) is 0 Å². The van der Waals surface area contributed by atoms with Crippen LogP contribution in [0.4, 0.5) is 0 Å². The summed E-state index contributed by atoms with van der Waals surface area (Å²) < 4.78 is 0. The smallest absolute Gasteiger partial charge is 0.335 e. The van der Waals surface area contributed by atoms with Gasteiger partial charge in [-0.25, -0.2) is 4.79 Å². The molecule has 0 fully saturated rings. The fourth-order valence-corrected chi connectivity index (χ4v) is 2.09. The molecule has 1 rings (SSSR count). The molecular formula is C16H25NO2. The van der Waals surface area contributed by atoms with Gasteiger partial charge in [-0.3, -0.25) is 0 Å². The number of aromatic carboxylic acids is 1. The molecule has 0 aliphatic rings. The first-order valence-electron chi connectivity index (χ1n) is 7.19. The molecule has 0 amide bonds. The summed E-state index contributed by atoms with van der Waals surface area (Å²) in [6.45, 7) is 5.14. The number of benzene rings is 1. The average Bonchev–Trinajstić information content (AvgIpc) is 2.41. The molecule has 0 aromatic heterocycles. The molecule has 0 aliphatic heterocycles. The van der Waals surface area contributed by atoms with Crippen molar-refractivity contribution < 1.29 is 9.90 Å². The highest BCUT2D eigenvalue weighted by Gasteiger charge is 2.05. The monoisotopic (exact) mass is 263 g/mol. The molecule has 1 aromatic rings. The van der Waals surface area contributed by atoms with Crippen molar-refractivity contribution in [1.29, 1.82) is 0 Å². The molecule has 1 aromatic carbocycles. The van der Waals surface area contributed by atoms with Gasteiger partial charge in [-0.15, -0.1) is 0 Å². The Morgan fingerprint density at radius 3 is 2.79 bits per heavy atom. The number of nitrogens with one attached hydrogen (secondary N) is 1.